The Bertz CT molecular complexity index is 349. The fourth-order valence-electron chi connectivity index (χ4n) is 3.88. The van der Waals surface area contributed by atoms with E-state index < -0.39 is 0 Å². The monoisotopic (exact) mass is 315 g/mol. The van der Waals surface area contributed by atoms with Gasteiger partial charge in [0.15, 0.2) is 0 Å². The Morgan fingerprint density at radius 2 is 2.09 bits per heavy atom. The first kappa shape index (κ1) is 18.9. The third-order valence-electron chi connectivity index (χ3n) is 4.93. The van der Waals surface area contributed by atoms with Gasteiger partial charge in [-0.15, -0.1) is 0 Å². The molecule has 0 spiro atoms. The number of ether oxygens (including phenoxy) is 2. The van der Waals surface area contributed by atoms with Crippen molar-refractivity contribution in [3.63, 3.8) is 0 Å². The van der Waals surface area contributed by atoms with Crippen LogP contribution in [0.2, 0.25) is 0 Å². The molecule has 22 heavy (non-hydrogen) atoms. The van der Waals surface area contributed by atoms with Crippen molar-refractivity contribution in [2.24, 2.45) is 29.4 Å². The number of carbonyl (C=O) groups excluding carboxylic acids is 1. The SMILES string of the molecule is CCCC(OC)OC(=O)C1CC2CCC(CN)C2C1.O=CO. The van der Waals surface area contributed by atoms with Crippen molar-refractivity contribution in [3.8, 4) is 0 Å². The molecular weight excluding hydrogens is 286 g/mol. The van der Waals surface area contributed by atoms with Crippen LogP contribution in [0.25, 0.3) is 0 Å². The third kappa shape index (κ3) is 4.95. The lowest BCUT2D eigenvalue weighted by molar-refractivity contribution is -0.179. The van der Waals surface area contributed by atoms with E-state index in [4.69, 9.17) is 25.1 Å². The van der Waals surface area contributed by atoms with Gasteiger partial charge in [0.2, 0.25) is 6.29 Å². The minimum absolute atomic E-state index is 0.0644. The smallest absolute Gasteiger partial charge is 0.311 e. The number of carbonyl (C=O) groups is 2. The van der Waals surface area contributed by atoms with Crippen molar-refractivity contribution >= 4 is 12.4 Å². The van der Waals surface area contributed by atoms with Gasteiger partial charge in [-0.05, 0) is 50.0 Å². The summed E-state index contributed by atoms with van der Waals surface area (Å²) in [5, 5.41) is 6.89. The Morgan fingerprint density at radius 1 is 1.41 bits per heavy atom. The van der Waals surface area contributed by atoms with Crippen LogP contribution in [0.4, 0.5) is 0 Å². The Balaban J connectivity index is 0.000000745. The van der Waals surface area contributed by atoms with Gasteiger partial charge in [0.25, 0.3) is 6.47 Å². The second-order valence-corrected chi connectivity index (χ2v) is 6.16. The van der Waals surface area contributed by atoms with Crippen molar-refractivity contribution < 1.29 is 24.2 Å². The van der Waals surface area contributed by atoms with Crippen LogP contribution in [0.5, 0.6) is 0 Å². The number of rotatable bonds is 6. The van der Waals surface area contributed by atoms with Gasteiger partial charge in [-0.3, -0.25) is 9.59 Å². The summed E-state index contributed by atoms with van der Waals surface area (Å²) in [4.78, 5) is 20.5. The number of carboxylic acid groups (broad SMARTS) is 1. The molecule has 0 heterocycles. The van der Waals surface area contributed by atoms with E-state index in [2.05, 4.69) is 6.92 Å². The topological polar surface area (TPSA) is 98.9 Å². The molecule has 2 saturated carbocycles. The highest BCUT2D eigenvalue weighted by Crippen LogP contribution is 2.49. The van der Waals surface area contributed by atoms with E-state index in [1.807, 2.05) is 0 Å². The summed E-state index contributed by atoms with van der Waals surface area (Å²) in [7, 11) is 1.60. The van der Waals surface area contributed by atoms with Crippen LogP contribution in [0.1, 0.15) is 45.4 Å². The van der Waals surface area contributed by atoms with Gasteiger partial charge in [0, 0.05) is 13.5 Å². The molecule has 0 aromatic heterocycles. The lowest BCUT2D eigenvalue weighted by Gasteiger charge is -2.19. The third-order valence-corrected chi connectivity index (χ3v) is 4.93. The first-order valence-electron chi connectivity index (χ1n) is 8.12. The van der Waals surface area contributed by atoms with E-state index in [-0.39, 0.29) is 24.6 Å². The molecule has 0 radical (unpaired) electrons. The Labute approximate surface area is 132 Å². The van der Waals surface area contributed by atoms with Gasteiger partial charge >= 0.3 is 5.97 Å². The normalized spacial score (nSPS) is 30.9. The van der Waals surface area contributed by atoms with Gasteiger partial charge in [0.1, 0.15) is 0 Å². The molecule has 3 N–H and O–H groups in total. The molecule has 0 aromatic carbocycles. The maximum absolute atomic E-state index is 12.2. The average Bonchev–Trinajstić information content (AvgIpc) is 3.07. The zero-order valence-corrected chi connectivity index (χ0v) is 13.6. The van der Waals surface area contributed by atoms with Crippen molar-refractivity contribution in [3.05, 3.63) is 0 Å². The largest absolute Gasteiger partial charge is 0.483 e. The second-order valence-electron chi connectivity index (χ2n) is 6.16. The highest BCUT2D eigenvalue weighted by Gasteiger charge is 2.45. The van der Waals surface area contributed by atoms with Crippen LogP contribution >= 0.6 is 0 Å². The molecule has 5 atom stereocenters. The van der Waals surface area contributed by atoms with Crippen LogP contribution < -0.4 is 5.73 Å². The number of methoxy groups -OCH3 is 1. The average molecular weight is 315 g/mol. The van der Waals surface area contributed by atoms with Crippen molar-refractivity contribution in [2.75, 3.05) is 13.7 Å². The summed E-state index contributed by atoms with van der Waals surface area (Å²) in [6.45, 7) is 2.57. The van der Waals surface area contributed by atoms with Crippen LogP contribution in [-0.4, -0.2) is 37.5 Å². The Kier molecular flexibility index (Phi) is 8.42. The molecule has 2 rings (SSSR count). The zero-order chi connectivity index (χ0) is 16.5. The molecule has 128 valence electrons. The van der Waals surface area contributed by atoms with Crippen LogP contribution in [0.15, 0.2) is 0 Å². The van der Waals surface area contributed by atoms with E-state index in [9.17, 15) is 4.79 Å². The van der Waals surface area contributed by atoms with Gasteiger partial charge in [-0.25, -0.2) is 0 Å². The summed E-state index contributed by atoms with van der Waals surface area (Å²) < 4.78 is 10.7. The predicted octanol–water partition coefficient (Wildman–Crippen LogP) is 2.01. The highest BCUT2D eigenvalue weighted by molar-refractivity contribution is 5.73. The van der Waals surface area contributed by atoms with Crippen molar-refractivity contribution in [2.45, 2.75) is 51.7 Å². The lowest BCUT2D eigenvalue weighted by atomic mass is 9.91. The molecule has 5 unspecified atom stereocenters. The highest BCUT2D eigenvalue weighted by atomic mass is 16.7. The Morgan fingerprint density at radius 3 is 2.64 bits per heavy atom. The Hall–Kier alpha value is -1.14. The van der Waals surface area contributed by atoms with Crippen LogP contribution in [-0.2, 0) is 19.1 Å². The van der Waals surface area contributed by atoms with Crippen molar-refractivity contribution in [1.82, 2.24) is 0 Å². The summed E-state index contributed by atoms with van der Waals surface area (Å²) in [5.74, 6) is 1.97. The minimum atomic E-state index is -0.372. The molecule has 0 amide bonds. The molecule has 2 fully saturated rings. The summed E-state index contributed by atoms with van der Waals surface area (Å²) >= 11 is 0. The van der Waals surface area contributed by atoms with E-state index >= 15 is 0 Å². The van der Waals surface area contributed by atoms with Gasteiger partial charge in [-0.1, -0.05) is 13.3 Å². The number of fused-ring (bicyclic) bond motifs is 1. The quantitative estimate of drug-likeness (QED) is 0.442. The molecule has 2 aliphatic rings. The van der Waals surface area contributed by atoms with Crippen LogP contribution in [0.3, 0.4) is 0 Å². The molecular formula is C16H29NO5. The summed E-state index contributed by atoms with van der Waals surface area (Å²) in [6.07, 6.45) is 5.78. The molecule has 0 aliphatic heterocycles. The van der Waals surface area contributed by atoms with E-state index in [1.165, 1.54) is 12.8 Å². The van der Waals surface area contributed by atoms with Crippen LogP contribution in [0, 0.1) is 23.7 Å². The van der Waals surface area contributed by atoms with E-state index in [1.54, 1.807) is 7.11 Å². The molecule has 0 saturated heterocycles. The summed E-state index contributed by atoms with van der Waals surface area (Å²) in [5.41, 5.74) is 5.82. The van der Waals surface area contributed by atoms with Crippen molar-refractivity contribution in [1.29, 1.82) is 0 Å². The number of esters is 1. The number of hydrogen-bond acceptors (Lipinski definition) is 5. The fourth-order valence-corrected chi connectivity index (χ4v) is 3.88. The molecule has 0 bridgehead atoms. The maximum atomic E-state index is 12.2. The van der Waals surface area contributed by atoms with E-state index in [0.29, 0.717) is 17.8 Å². The van der Waals surface area contributed by atoms with Gasteiger partial charge in [-0.2, -0.15) is 0 Å². The molecule has 6 heteroatoms. The van der Waals surface area contributed by atoms with Gasteiger partial charge < -0.3 is 20.3 Å². The zero-order valence-electron chi connectivity index (χ0n) is 13.6. The minimum Gasteiger partial charge on any atom is -0.483 e. The summed E-state index contributed by atoms with van der Waals surface area (Å²) in [6, 6.07) is 0. The fraction of sp³-hybridized carbons (Fsp3) is 0.875. The number of nitrogens with two attached hydrogens (primary N) is 1. The van der Waals surface area contributed by atoms with E-state index in [0.717, 1.165) is 32.2 Å². The first-order chi connectivity index (χ1) is 10.6. The second kappa shape index (κ2) is 9.79. The lowest BCUT2D eigenvalue weighted by Crippen LogP contribution is -2.25. The van der Waals surface area contributed by atoms with Gasteiger partial charge in [0.05, 0.1) is 5.92 Å². The molecule has 2 aliphatic carbocycles. The number of hydrogen-bond donors (Lipinski definition) is 2. The molecule has 0 aromatic rings. The first-order valence-corrected chi connectivity index (χ1v) is 8.12. The predicted molar refractivity (Wildman–Crippen MR) is 82.0 cm³/mol. The maximum Gasteiger partial charge on any atom is 0.311 e. The standard InChI is InChI=1S/C15H27NO3.CH2O2/c1-3-4-14(18-2)19-15(17)12-7-10-5-6-11(9-16)13(10)8-12;2-1-3/h10-14H,3-9,16H2,1-2H3;1H,(H,2,3). The molecule has 6 nitrogen and oxygen atoms in total.